The zero-order chi connectivity index (χ0) is 20.1. The molecule has 0 fully saturated rings. The van der Waals surface area contributed by atoms with Gasteiger partial charge in [-0.2, -0.15) is 0 Å². The number of halogens is 1. The van der Waals surface area contributed by atoms with Gasteiger partial charge in [0.2, 0.25) is 5.91 Å². The number of carbonyl (C=O) groups excluding carboxylic acids is 3. The van der Waals surface area contributed by atoms with Crippen LogP contribution in [0.5, 0.6) is 0 Å². The first-order valence-electron chi connectivity index (χ1n) is 8.26. The fraction of sp³-hybridized carbons (Fsp3) is 0.0500. The smallest absolute Gasteiger partial charge is 0.279 e. The third-order valence-corrected chi connectivity index (χ3v) is 4.83. The molecule has 28 heavy (non-hydrogen) atoms. The van der Waals surface area contributed by atoms with Gasteiger partial charge in [-0.25, -0.2) is 4.39 Å². The van der Waals surface area contributed by atoms with Crippen LogP contribution in [0.1, 0.15) is 27.0 Å². The van der Waals surface area contributed by atoms with E-state index in [9.17, 15) is 18.8 Å². The number of hydrogen-bond donors (Lipinski definition) is 3. The summed E-state index contributed by atoms with van der Waals surface area (Å²) in [4.78, 5) is 36.8. The van der Waals surface area contributed by atoms with Crippen LogP contribution in [0.25, 0.3) is 10.4 Å². The SMILES string of the molecule is CC(=O)Nc1cccc(C(=O)NNC(=O)c2ccc(-c3ccc(F)cc3)s2)c1. The molecule has 142 valence electrons. The van der Waals surface area contributed by atoms with E-state index in [1.54, 1.807) is 42.5 Å². The molecule has 0 bridgehead atoms. The van der Waals surface area contributed by atoms with Gasteiger partial charge in [0.1, 0.15) is 5.82 Å². The van der Waals surface area contributed by atoms with Crippen molar-refractivity contribution in [2.75, 3.05) is 5.32 Å². The van der Waals surface area contributed by atoms with E-state index in [0.29, 0.717) is 10.6 Å². The van der Waals surface area contributed by atoms with Crippen LogP contribution >= 0.6 is 11.3 Å². The summed E-state index contributed by atoms with van der Waals surface area (Å²) in [7, 11) is 0. The second-order valence-corrected chi connectivity index (χ2v) is 6.92. The summed E-state index contributed by atoms with van der Waals surface area (Å²) >= 11 is 1.22. The molecule has 0 aliphatic rings. The summed E-state index contributed by atoms with van der Waals surface area (Å²) in [6.45, 7) is 1.37. The van der Waals surface area contributed by atoms with Gasteiger partial charge in [0.15, 0.2) is 0 Å². The van der Waals surface area contributed by atoms with Crippen molar-refractivity contribution in [3.05, 3.63) is 76.9 Å². The molecule has 0 saturated heterocycles. The molecule has 3 aromatic rings. The Balaban J connectivity index is 1.62. The molecule has 3 rings (SSSR count). The third-order valence-electron chi connectivity index (χ3n) is 3.69. The van der Waals surface area contributed by atoms with E-state index in [1.165, 1.54) is 36.5 Å². The monoisotopic (exact) mass is 397 g/mol. The highest BCUT2D eigenvalue weighted by atomic mass is 32.1. The predicted octanol–water partition coefficient (Wildman–Crippen LogP) is 3.59. The van der Waals surface area contributed by atoms with Crippen molar-refractivity contribution in [3.63, 3.8) is 0 Å². The minimum atomic E-state index is -0.518. The van der Waals surface area contributed by atoms with Gasteiger partial charge in [-0.3, -0.25) is 25.2 Å². The van der Waals surface area contributed by atoms with Gasteiger partial charge in [0, 0.05) is 23.1 Å². The average Bonchev–Trinajstić information content (AvgIpc) is 3.16. The summed E-state index contributed by atoms with van der Waals surface area (Å²) in [5, 5.41) is 2.58. The standard InChI is InChI=1S/C20H16FN3O3S/c1-12(25)22-16-4-2-3-14(11-16)19(26)23-24-20(27)18-10-9-17(28-18)13-5-7-15(21)8-6-13/h2-11H,1H3,(H,22,25)(H,23,26)(H,24,27). The molecule has 1 heterocycles. The van der Waals surface area contributed by atoms with Crippen LogP contribution < -0.4 is 16.2 Å². The lowest BCUT2D eigenvalue weighted by Crippen LogP contribution is -2.41. The molecule has 6 nitrogen and oxygen atoms in total. The Morgan fingerprint density at radius 2 is 1.61 bits per heavy atom. The molecule has 0 aliphatic carbocycles. The lowest BCUT2D eigenvalue weighted by atomic mass is 10.2. The number of nitrogens with one attached hydrogen (secondary N) is 3. The van der Waals surface area contributed by atoms with Crippen molar-refractivity contribution in [2.45, 2.75) is 6.92 Å². The zero-order valence-corrected chi connectivity index (χ0v) is 15.6. The molecule has 3 amide bonds. The van der Waals surface area contributed by atoms with E-state index < -0.39 is 11.8 Å². The van der Waals surface area contributed by atoms with Gasteiger partial charge in [-0.1, -0.05) is 18.2 Å². The van der Waals surface area contributed by atoms with Crippen LogP contribution in [-0.4, -0.2) is 17.7 Å². The minimum absolute atomic E-state index is 0.250. The van der Waals surface area contributed by atoms with E-state index in [2.05, 4.69) is 16.2 Å². The maximum Gasteiger partial charge on any atom is 0.279 e. The fourth-order valence-corrected chi connectivity index (χ4v) is 3.32. The number of thiophene rings is 1. The molecule has 0 unspecified atom stereocenters. The molecule has 0 atom stereocenters. The van der Waals surface area contributed by atoms with Crippen LogP contribution in [-0.2, 0) is 4.79 Å². The molecule has 0 saturated carbocycles. The largest absolute Gasteiger partial charge is 0.326 e. The quantitative estimate of drug-likeness (QED) is 0.588. The Hall–Kier alpha value is -3.52. The van der Waals surface area contributed by atoms with Gasteiger partial charge in [-0.05, 0) is 48.0 Å². The highest BCUT2D eigenvalue weighted by Gasteiger charge is 2.13. The minimum Gasteiger partial charge on any atom is -0.326 e. The molecular formula is C20H16FN3O3S. The average molecular weight is 397 g/mol. The topological polar surface area (TPSA) is 87.3 Å². The Kier molecular flexibility index (Phi) is 5.81. The number of anilines is 1. The number of carbonyl (C=O) groups is 3. The van der Waals surface area contributed by atoms with E-state index in [0.717, 1.165) is 10.4 Å². The van der Waals surface area contributed by atoms with Gasteiger partial charge in [-0.15, -0.1) is 11.3 Å². The van der Waals surface area contributed by atoms with Crippen LogP contribution in [0, 0.1) is 5.82 Å². The van der Waals surface area contributed by atoms with Gasteiger partial charge in [0.25, 0.3) is 11.8 Å². The molecule has 0 spiro atoms. The van der Waals surface area contributed by atoms with Crippen LogP contribution in [0.2, 0.25) is 0 Å². The number of hydrazine groups is 1. The fourth-order valence-electron chi connectivity index (χ4n) is 2.42. The van der Waals surface area contributed by atoms with Crippen molar-refractivity contribution in [3.8, 4) is 10.4 Å². The van der Waals surface area contributed by atoms with E-state index in [1.807, 2.05) is 0 Å². The Bertz CT molecular complexity index is 1030. The number of hydrogen-bond acceptors (Lipinski definition) is 4. The lowest BCUT2D eigenvalue weighted by Gasteiger charge is -2.08. The zero-order valence-electron chi connectivity index (χ0n) is 14.8. The summed E-state index contributed by atoms with van der Waals surface area (Å²) < 4.78 is 13.0. The Morgan fingerprint density at radius 1 is 0.893 bits per heavy atom. The molecule has 0 aliphatic heterocycles. The number of benzene rings is 2. The van der Waals surface area contributed by atoms with E-state index >= 15 is 0 Å². The van der Waals surface area contributed by atoms with Crippen LogP contribution in [0.4, 0.5) is 10.1 Å². The molecule has 0 radical (unpaired) electrons. The van der Waals surface area contributed by atoms with Crippen molar-refractivity contribution in [1.29, 1.82) is 0 Å². The first kappa shape index (κ1) is 19.2. The van der Waals surface area contributed by atoms with Crippen molar-refractivity contribution in [2.24, 2.45) is 0 Å². The van der Waals surface area contributed by atoms with Crippen LogP contribution in [0.15, 0.2) is 60.7 Å². The first-order chi connectivity index (χ1) is 13.4. The van der Waals surface area contributed by atoms with Crippen molar-refractivity contribution >= 4 is 34.7 Å². The second-order valence-electron chi connectivity index (χ2n) is 5.84. The molecule has 8 heteroatoms. The first-order valence-corrected chi connectivity index (χ1v) is 9.08. The van der Waals surface area contributed by atoms with E-state index in [-0.39, 0.29) is 17.3 Å². The van der Waals surface area contributed by atoms with Gasteiger partial charge >= 0.3 is 0 Å². The maximum atomic E-state index is 13.0. The highest BCUT2D eigenvalue weighted by molar-refractivity contribution is 7.17. The lowest BCUT2D eigenvalue weighted by molar-refractivity contribution is -0.114. The number of amides is 3. The third kappa shape index (κ3) is 4.80. The Morgan fingerprint density at radius 3 is 2.32 bits per heavy atom. The molecular weight excluding hydrogens is 381 g/mol. The molecule has 2 aromatic carbocycles. The summed E-state index contributed by atoms with van der Waals surface area (Å²) in [6, 6.07) is 15.7. The van der Waals surface area contributed by atoms with Crippen molar-refractivity contribution in [1.82, 2.24) is 10.9 Å². The normalized spacial score (nSPS) is 10.2. The highest BCUT2D eigenvalue weighted by Crippen LogP contribution is 2.28. The summed E-state index contributed by atoms with van der Waals surface area (Å²) in [6.07, 6.45) is 0. The van der Waals surface area contributed by atoms with E-state index in [4.69, 9.17) is 0 Å². The van der Waals surface area contributed by atoms with Gasteiger partial charge in [0.05, 0.1) is 4.88 Å². The number of rotatable bonds is 4. The van der Waals surface area contributed by atoms with Crippen LogP contribution in [0.3, 0.4) is 0 Å². The second kappa shape index (κ2) is 8.45. The summed E-state index contributed by atoms with van der Waals surface area (Å²) in [5.74, 6) is -1.57. The molecule has 1 aromatic heterocycles. The van der Waals surface area contributed by atoms with Crippen molar-refractivity contribution < 1.29 is 18.8 Å². The summed E-state index contributed by atoms with van der Waals surface area (Å²) in [5.41, 5.74) is 6.25. The predicted molar refractivity (Wildman–Crippen MR) is 105 cm³/mol. The molecule has 3 N–H and O–H groups in total. The van der Waals surface area contributed by atoms with Gasteiger partial charge < -0.3 is 5.32 Å². The Labute approximate surface area is 164 Å². The maximum absolute atomic E-state index is 13.0.